The molecule has 29 heavy (non-hydrogen) atoms. The van der Waals surface area contributed by atoms with Crippen molar-refractivity contribution in [3.8, 4) is 0 Å². The second-order valence-corrected chi connectivity index (χ2v) is 6.33. The van der Waals surface area contributed by atoms with Crippen LogP contribution >= 0.6 is 0 Å². The second kappa shape index (κ2) is 8.46. The fraction of sp³-hybridized carbons (Fsp3) is 0.158. The number of carbonyl (C=O) groups is 1. The summed E-state index contributed by atoms with van der Waals surface area (Å²) in [5.41, 5.74) is 0.484. The van der Waals surface area contributed by atoms with Crippen molar-refractivity contribution in [3.05, 3.63) is 81.3 Å². The average Bonchev–Trinajstić information content (AvgIpc) is 3.07. The molecule has 2 aromatic carbocycles. The lowest BCUT2D eigenvalue weighted by Crippen LogP contribution is -2.29. The topological polar surface area (TPSA) is 95.4 Å². The number of nitrogens with zero attached hydrogens (tertiary/aromatic N) is 4. The van der Waals surface area contributed by atoms with E-state index in [0.717, 1.165) is 34.2 Å². The second-order valence-electron chi connectivity index (χ2n) is 6.33. The van der Waals surface area contributed by atoms with Crippen molar-refractivity contribution in [3.63, 3.8) is 0 Å². The maximum atomic E-state index is 13.6. The maximum Gasteiger partial charge on any atom is 0.320 e. The summed E-state index contributed by atoms with van der Waals surface area (Å²) in [6.45, 7) is -0.295. The van der Waals surface area contributed by atoms with Crippen molar-refractivity contribution >= 4 is 17.8 Å². The van der Waals surface area contributed by atoms with E-state index in [1.807, 2.05) is 43.3 Å². The number of H-pyrrole nitrogens is 1. The molecule has 3 aromatic rings. The summed E-state index contributed by atoms with van der Waals surface area (Å²) in [6.07, 6.45) is 1.43. The van der Waals surface area contributed by atoms with Crippen LogP contribution in [-0.2, 0) is 6.54 Å². The van der Waals surface area contributed by atoms with Crippen molar-refractivity contribution in [1.82, 2.24) is 20.4 Å². The van der Waals surface area contributed by atoms with Gasteiger partial charge in [0.25, 0.3) is 5.91 Å². The van der Waals surface area contributed by atoms with Crippen LogP contribution in [0, 0.1) is 11.6 Å². The molecule has 2 N–H and O–H groups in total. The highest BCUT2D eigenvalue weighted by Gasteiger charge is 2.17. The van der Waals surface area contributed by atoms with Crippen LogP contribution in [0.1, 0.15) is 21.6 Å². The number of benzene rings is 2. The van der Waals surface area contributed by atoms with Crippen molar-refractivity contribution < 1.29 is 13.6 Å². The number of rotatable bonds is 6. The van der Waals surface area contributed by atoms with Gasteiger partial charge in [-0.2, -0.15) is 10.3 Å². The molecule has 0 radical (unpaired) electrons. The average molecular weight is 400 g/mol. The first-order chi connectivity index (χ1) is 13.8. The summed E-state index contributed by atoms with van der Waals surface area (Å²) in [5.74, 6) is -2.14. The number of nitrogens with one attached hydrogen (secondary N) is 2. The van der Waals surface area contributed by atoms with Gasteiger partial charge in [-0.05, 0) is 35.9 Å². The molecule has 3 rings (SSSR count). The first kappa shape index (κ1) is 19.9. The molecule has 8 nitrogen and oxygen atoms in total. The Morgan fingerprint density at radius 2 is 1.97 bits per heavy atom. The van der Waals surface area contributed by atoms with Gasteiger partial charge in [0.1, 0.15) is 11.6 Å². The summed E-state index contributed by atoms with van der Waals surface area (Å²) in [5, 5.41) is 12.3. The van der Waals surface area contributed by atoms with E-state index in [0.29, 0.717) is 0 Å². The highest BCUT2D eigenvalue weighted by molar-refractivity contribution is 5.91. The van der Waals surface area contributed by atoms with Crippen LogP contribution in [0.4, 0.5) is 14.5 Å². The summed E-state index contributed by atoms with van der Waals surface area (Å²) in [4.78, 5) is 27.2. The molecule has 0 spiro atoms. The molecule has 10 heteroatoms. The van der Waals surface area contributed by atoms with E-state index in [-0.39, 0.29) is 12.1 Å². The Kier molecular flexibility index (Phi) is 5.82. The van der Waals surface area contributed by atoms with E-state index < -0.39 is 28.8 Å². The van der Waals surface area contributed by atoms with E-state index in [1.54, 1.807) is 0 Å². The number of aromatic nitrogens is 3. The van der Waals surface area contributed by atoms with Gasteiger partial charge >= 0.3 is 5.56 Å². The highest BCUT2D eigenvalue weighted by atomic mass is 19.1. The lowest BCUT2D eigenvalue weighted by molar-refractivity contribution is 0.0944. The molecule has 0 saturated heterocycles. The third kappa shape index (κ3) is 4.72. The van der Waals surface area contributed by atoms with Crippen LogP contribution in [-0.4, -0.2) is 41.3 Å². The predicted octanol–water partition coefficient (Wildman–Crippen LogP) is 1.73. The quantitative estimate of drug-likeness (QED) is 0.616. The minimum absolute atomic E-state index is 0.0478. The van der Waals surface area contributed by atoms with Gasteiger partial charge in [0.2, 0.25) is 5.69 Å². The van der Waals surface area contributed by atoms with E-state index in [4.69, 9.17) is 0 Å². The van der Waals surface area contributed by atoms with E-state index >= 15 is 0 Å². The lowest BCUT2D eigenvalue weighted by Gasteiger charge is -2.11. The van der Waals surface area contributed by atoms with Crippen LogP contribution in [0.5, 0.6) is 0 Å². The molecule has 0 unspecified atom stereocenters. The van der Waals surface area contributed by atoms with E-state index in [2.05, 4.69) is 20.7 Å². The van der Waals surface area contributed by atoms with Gasteiger partial charge in [-0.3, -0.25) is 9.59 Å². The summed E-state index contributed by atoms with van der Waals surface area (Å²) in [7, 11) is 3.84. The van der Waals surface area contributed by atoms with Crippen molar-refractivity contribution in [2.45, 2.75) is 6.54 Å². The maximum absolute atomic E-state index is 13.6. The molecule has 0 aliphatic heterocycles. The monoisotopic (exact) mass is 400 g/mol. The molecular formula is C19H18F2N6O2. The van der Waals surface area contributed by atoms with Gasteiger partial charge in [-0.15, -0.1) is 9.89 Å². The zero-order valence-electron chi connectivity index (χ0n) is 15.7. The molecule has 0 aliphatic rings. The zero-order valence-corrected chi connectivity index (χ0v) is 15.7. The summed E-state index contributed by atoms with van der Waals surface area (Å²) < 4.78 is 26.8. The van der Waals surface area contributed by atoms with Crippen molar-refractivity contribution in [1.29, 1.82) is 0 Å². The standard InChI is InChI=1S/C19H18F2N6O2/c1-26(2)15-6-3-12(4-7-15)10-23-27-19(29)17(24-25-27)18(28)22-11-13-9-14(20)5-8-16(13)21/h3-10,25H,11H2,1-2H3,(H,22,28). The lowest BCUT2D eigenvalue weighted by atomic mass is 10.2. The van der Waals surface area contributed by atoms with Crippen LogP contribution in [0.3, 0.4) is 0 Å². The molecule has 0 saturated carbocycles. The Morgan fingerprint density at radius 3 is 2.66 bits per heavy atom. The van der Waals surface area contributed by atoms with Crippen molar-refractivity contribution in [2.24, 2.45) is 5.10 Å². The van der Waals surface area contributed by atoms with Gasteiger partial charge < -0.3 is 10.2 Å². The number of halogens is 2. The predicted molar refractivity (Wildman–Crippen MR) is 104 cm³/mol. The third-order valence-electron chi connectivity index (χ3n) is 4.05. The van der Waals surface area contributed by atoms with E-state index in [9.17, 15) is 18.4 Å². The fourth-order valence-electron chi connectivity index (χ4n) is 2.44. The van der Waals surface area contributed by atoms with Gasteiger partial charge in [0.05, 0.1) is 6.21 Å². The molecule has 1 amide bonds. The molecular weight excluding hydrogens is 382 g/mol. The highest BCUT2D eigenvalue weighted by Crippen LogP contribution is 2.11. The number of anilines is 1. The number of hydrogen-bond acceptors (Lipinski definition) is 5. The normalized spacial score (nSPS) is 11.0. The number of aromatic amines is 1. The van der Waals surface area contributed by atoms with Crippen LogP contribution < -0.4 is 15.8 Å². The minimum atomic E-state index is -0.834. The van der Waals surface area contributed by atoms with Gasteiger partial charge in [0, 0.05) is 31.9 Å². The molecule has 1 aromatic heterocycles. The molecule has 150 valence electrons. The first-order valence-corrected chi connectivity index (χ1v) is 8.56. The summed E-state index contributed by atoms with van der Waals surface area (Å²) in [6, 6.07) is 10.3. The Labute approximate surface area is 164 Å². The Bertz CT molecular complexity index is 1100. The Morgan fingerprint density at radius 1 is 1.24 bits per heavy atom. The molecule has 0 fully saturated rings. The first-order valence-electron chi connectivity index (χ1n) is 8.56. The Hall–Kier alpha value is -3.82. The minimum Gasteiger partial charge on any atom is -0.378 e. The van der Waals surface area contributed by atoms with Crippen LogP contribution in [0.15, 0.2) is 52.4 Å². The summed E-state index contributed by atoms with van der Waals surface area (Å²) >= 11 is 0. The molecule has 0 atom stereocenters. The number of amides is 1. The van der Waals surface area contributed by atoms with Gasteiger partial charge in [0.15, 0.2) is 0 Å². The smallest absolute Gasteiger partial charge is 0.320 e. The Balaban J connectivity index is 1.69. The SMILES string of the molecule is CN(C)c1ccc(C=Nn2[nH]nc(C(=O)NCc3cc(F)ccc3F)c2=O)cc1. The van der Waals surface area contributed by atoms with Crippen LogP contribution in [0.2, 0.25) is 0 Å². The number of hydrogen-bond donors (Lipinski definition) is 2. The number of carbonyl (C=O) groups excluding carboxylic acids is 1. The van der Waals surface area contributed by atoms with Crippen LogP contribution in [0.25, 0.3) is 0 Å². The zero-order chi connectivity index (χ0) is 21.0. The fourth-order valence-corrected chi connectivity index (χ4v) is 2.44. The molecule has 1 heterocycles. The molecule has 0 bridgehead atoms. The third-order valence-corrected chi connectivity index (χ3v) is 4.05. The van der Waals surface area contributed by atoms with E-state index in [1.165, 1.54) is 6.21 Å². The molecule has 0 aliphatic carbocycles. The van der Waals surface area contributed by atoms with Gasteiger partial charge in [-0.25, -0.2) is 8.78 Å². The largest absolute Gasteiger partial charge is 0.378 e. The van der Waals surface area contributed by atoms with Crippen molar-refractivity contribution in [2.75, 3.05) is 19.0 Å². The van der Waals surface area contributed by atoms with Gasteiger partial charge in [-0.1, -0.05) is 12.1 Å².